The fourth-order valence-corrected chi connectivity index (χ4v) is 3.28. The molecule has 8 heteroatoms. The van der Waals surface area contributed by atoms with Crippen molar-refractivity contribution in [1.82, 2.24) is 0 Å². The third-order valence-electron chi connectivity index (χ3n) is 4.66. The van der Waals surface area contributed by atoms with Crippen LogP contribution in [-0.4, -0.2) is 19.7 Å². The number of fused-ring (bicyclic) bond motifs is 1. The third kappa shape index (κ3) is 4.02. The molecule has 0 saturated carbocycles. The Hall–Kier alpha value is -4.38. The minimum absolute atomic E-state index is 0.0283. The van der Waals surface area contributed by atoms with Crippen LogP contribution in [-0.2, 0) is 4.79 Å². The number of methoxy groups -OCH3 is 1. The molecule has 156 valence electrons. The smallest absolute Gasteiger partial charge is 0.349 e. The van der Waals surface area contributed by atoms with Gasteiger partial charge in [-0.25, -0.2) is 4.79 Å². The summed E-state index contributed by atoms with van der Waals surface area (Å²) in [6.07, 6.45) is 1.52. The number of hydrogen-bond donors (Lipinski definition) is 1. The summed E-state index contributed by atoms with van der Waals surface area (Å²) >= 11 is 0. The van der Waals surface area contributed by atoms with Crippen LogP contribution in [0.1, 0.15) is 17.2 Å². The molecule has 0 radical (unpaired) electrons. The number of nitrogens with zero attached hydrogens (tertiary/aromatic N) is 1. The van der Waals surface area contributed by atoms with Gasteiger partial charge < -0.3 is 29.1 Å². The molecule has 0 saturated heterocycles. The van der Waals surface area contributed by atoms with Gasteiger partial charge in [-0.3, -0.25) is 0 Å². The Kier molecular flexibility index (Phi) is 5.49. The van der Waals surface area contributed by atoms with Gasteiger partial charge in [-0.1, -0.05) is 18.2 Å². The van der Waals surface area contributed by atoms with Crippen LogP contribution in [0, 0.1) is 11.3 Å². The summed E-state index contributed by atoms with van der Waals surface area (Å²) in [5, 5.41) is 9.52. The Morgan fingerprint density at radius 3 is 2.68 bits per heavy atom. The molecule has 2 N–H and O–H groups in total. The second-order valence-corrected chi connectivity index (χ2v) is 6.55. The van der Waals surface area contributed by atoms with Gasteiger partial charge in [0.25, 0.3) is 0 Å². The molecule has 8 nitrogen and oxygen atoms in total. The summed E-state index contributed by atoms with van der Waals surface area (Å²) in [5.74, 6) is 0.967. The highest BCUT2D eigenvalue weighted by molar-refractivity contribution is 5.74. The average molecular weight is 418 g/mol. The predicted octanol–water partition coefficient (Wildman–Crippen LogP) is 3.49. The Balaban J connectivity index is 1.51. The van der Waals surface area contributed by atoms with E-state index in [2.05, 4.69) is 6.07 Å². The molecule has 0 amide bonds. The van der Waals surface area contributed by atoms with Gasteiger partial charge in [0.15, 0.2) is 18.1 Å². The zero-order valence-electron chi connectivity index (χ0n) is 16.5. The number of nitrogens with two attached hydrogens (primary N) is 1. The van der Waals surface area contributed by atoms with Crippen molar-refractivity contribution < 1.29 is 28.2 Å². The van der Waals surface area contributed by atoms with Crippen LogP contribution in [0.25, 0.3) is 0 Å². The number of nitriles is 1. The topological polar surface area (TPSA) is 117 Å². The molecule has 1 atom stereocenters. The number of carbonyl (C=O) groups is 1. The van der Waals surface area contributed by atoms with Gasteiger partial charge in [0.2, 0.25) is 5.88 Å². The van der Waals surface area contributed by atoms with Crippen molar-refractivity contribution >= 4 is 5.97 Å². The Labute approximate surface area is 178 Å². The van der Waals surface area contributed by atoms with Crippen molar-refractivity contribution in [2.75, 3.05) is 13.7 Å². The van der Waals surface area contributed by atoms with E-state index in [4.69, 9.17) is 29.1 Å². The molecule has 3 aromatic rings. The van der Waals surface area contributed by atoms with E-state index in [9.17, 15) is 10.1 Å². The molecule has 0 spiro atoms. The zero-order valence-corrected chi connectivity index (χ0v) is 16.5. The van der Waals surface area contributed by atoms with Crippen LogP contribution in [0.3, 0.4) is 0 Å². The predicted molar refractivity (Wildman–Crippen MR) is 109 cm³/mol. The molecule has 0 aliphatic carbocycles. The number of allylic oxidation sites excluding steroid dienone is 1. The van der Waals surface area contributed by atoms with Crippen molar-refractivity contribution in [3.8, 4) is 29.1 Å². The van der Waals surface area contributed by atoms with Gasteiger partial charge in [-0.05, 0) is 30.3 Å². The number of hydrogen-bond acceptors (Lipinski definition) is 8. The van der Waals surface area contributed by atoms with Crippen molar-refractivity contribution in [3.05, 3.63) is 83.6 Å². The monoisotopic (exact) mass is 418 g/mol. The maximum absolute atomic E-state index is 12.2. The van der Waals surface area contributed by atoms with Crippen LogP contribution < -0.4 is 24.7 Å². The summed E-state index contributed by atoms with van der Waals surface area (Å²) in [6.45, 7) is -0.312. The number of rotatable bonds is 6. The maximum Gasteiger partial charge on any atom is 0.349 e. The van der Waals surface area contributed by atoms with E-state index in [0.29, 0.717) is 28.6 Å². The third-order valence-corrected chi connectivity index (χ3v) is 4.66. The minimum atomic E-state index is -0.606. The van der Waals surface area contributed by atoms with Crippen molar-refractivity contribution in [1.29, 1.82) is 5.26 Å². The Morgan fingerprint density at radius 1 is 1.16 bits per heavy atom. The Morgan fingerprint density at radius 2 is 1.97 bits per heavy atom. The lowest BCUT2D eigenvalue weighted by Gasteiger charge is -2.25. The highest BCUT2D eigenvalue weighted by atomic mass is 16.6. The van der Waals surface area contributed by atoms with Crippen molar-refractivity contribution in [3.63, 3.8) is 0 Å². The van der Waals surface area contributed by atoms with E-state index >= 15 is 0 Å². The SMILES string of the molecule is COc1ccccc1OCC(=O)Oc1ccc2c(c1)OC(N)=C(C#N)C2c1ccco1. The molecular weight excluding hydrogens is 400 g/mol. The number of esters is 1. The number of furan rings is 1. The van der Waals surface area contributed by atoms with Crippen molar-refractivity contribution in [2.45, 2.75) is 5.92 Å². The summed E-state index contributed by atoms with van der Waals surface area (Å²) in [5.41, 5.74) is 6.86. The maximum atomic E-state index is 12.2. The number of benzene rings is 2. The Bertz CT molecular complexity index is 1180. The van der Waals surface area contributed by atoms with Crippen LogP contribution in [0.5, 0.6) is 23.0 Å². The van der Waals surface area contributed by atoms with Crippen molar-refractivity contribution in [2.24, 2.45) is 5.73 Å². The van der Waals surface area contributed by atoms with Crippen LogP contribution in [0.4, 0.5) is 0 Å². The van der Waals surface area contributed by atoms with Gasteiger partial charge in [0.05, 0.1) is 19.3 Å². The molecular formula is C23H18N2O6. The quantitative estimate of drug-likeness (QED) is 0.478. The minimum Gasteiger partial charge on any atom is -0.493 e. The lowest BCUT2D eigenvalue weighted by atomic mass is 9.87. The lowest BCUT2D eigenvalue weighted by Crippen LogP contribution is -2.21. The van der Waals surface area contributed by atoms with Gasteiger partial charge in [-0.2, -0.15) is 5.26 Å². The van der Waals surface area contributed by atoms with Gasteiger partial charge in [0.1, 0.15) is 28.9 Å². The molecule has 2 heterocycles. The second-order valence-electron chi connectivity index (χ2n) is 6.55. The molecule has 4 rings (SSSR count). The first-order valence-electron chi connectivity index (χ1n) is 9.32. The van der Waals surface area contributed by atoms with Gasteiger partial charge >= 0.3 is 5.97 Å². The number of carbonyl (C=O) groups excluding carboxylic acids is 1. The number of ether oxygens (including phenoxy) is 4. The average Bonchev–Trinajstić information content (AvgIpc) is 3.31. The van der Waals surface area contributed by atoms with E-state index in [1.807, 2.05) is 0 Å². The first kappa shape index (κ1) is 19.9. The molecule has 0 bridgehead atoms. The molecule has 1 aliphatic rings. The fraction of sp³-hybridized carbons (Fsp3) is 0.130. The summed E-state index contributed by atoms with van der Waals surface area (Å²) in [4.78, 5) is 12.2. The highest BCUT2D eigenvalue weighted by Crippen LogP contribution is 2.43. The largest absolute Gasteiger partial charge is 0.493 e. The van der Waals surface area contributed by atoms with E-state index in [1.54, 1.807) is 48.5 Å². The van der Waals surface area contributed by atoms with Crippen LogP contribution in [0.15, 0.2) is 76.7 Å². The summed E-state index contributed by atoms with van der Waals surface area (Å²) < 4.78 is 27.1. The molecule has 1 aliphatic heterocycles. The van der Waals surface area contributed by atoms with E-state index < -0.39 is 11.9 Å². The zero-order chi connectivity index (χ0) is 21.8. The van der Waals surface area contributed by atoms with Gasteiger partial charge in [0, 0.05) is 11.6 Å². The number of para-hydroxylation sites is 2. The normalized spacial score (nSPS) is 14.8. The molecule has 1 unspecified atom stereocenters. The molecule has 1 aromatic heterocycles. The molecule has 2 aromatic carbocycles. The summed E-state index contributed by atoms with van der Waals surface area (Å²) in [6, 6.07) is 17.4. The van der Waals surface area contributed by atoms with E-state index in [1.165, 1.54) is 19.4 Å². The summed E-state index contributed by atoms with van der Waals surface area (Å²) in [7, 11) is 1.52. The second kappa shape index (κ2) is 8.55. The van der Waals surface area contributed by atoms with E-state index in [0.717, 1.165) is 0 Å². The van der Waals surface area contributed by atoms with E-state index in [-0.39, 0.29) is 23.8 Å². The van der Waals surface area contributed by atoms with Crippen LogP contribution >= 0.6 is 0 Å². The standard InChI is InChI=1S/C23H18N2O6/c1-27-17-5-2-3-6-18(17)29-13-21(26)30-14-8-9-15-20(11-14)31-23(25)16(12-24)22(15)19-7-4-10-28-19/h2-11,22H,13,25H2,1H3. The highest BCUT2D eigenvalue weighted by Gasteiger charge is 2.32. The molecule has 0 fully saturated rings. The van der Waals surface area contributed by atoms with Crippen LogP contribution in [0.2, 0.25) is 0 Å². The first-order chi connectivity index (χ1) is 15.1. The van der Waals surface area contributed by atoms with Gasteiger partial charge in [-0.15, -0.1) is 0 Å². The lowest BCUT2D eigenvalue weighted by molar-refractivity contribution is -0.136. The fourth-order valence-electron chi connectivity index (χ4n) is 3.28. The molecule has 31 heavy (non-hydrogen) atoms. The first-order valence-corrected chi connectivity index (χ1v) is 9.32.